The van der Waals surface area contributed by atoms with Gasteiger partial charge in [-0.3, -0.25) is 4.79 Å². The van der Waals surface area contributed by atoms with Crippen molar-refractivity contribution in [3.05, 3.63) is 76.9 Å². The zero-order valence-electron chi connectivity index (χ0n) is 16.4. The number of aryl methyl sites for hydroxylation is 1. The normalized spacial score (nSPS) is 13.0. The van der Waals surface area contributed by atoms with Gasteiger partial charge in [0.2, 0.25) is 15.9 Å². The summed E-state index contributed by atoms with van der Waals surface area (Å²) in [5.41, 5.74) is 2.65. The van der Waals surface area contributed by atoms with Crippen LogP contribution in [0.4, 0.5) is 0 Å². The highest BCUT2D eigenvalue weighted by atomic mass is 32.2. The van der Waals surface area contributed by atoms with Crippen molar-refractivity contribution in [2.75, 3.05) is 6.54 Å². The van der Waals surface area contributed by atoms with E-state index in [1.54, 1.807) is 0 Å². The first-order chi connectivity index (χ1) is 13.8. The number of carbonyl (C=O) groups excluding carboxylic acids is 1. The van der Waals surface area contributed by atoms with Gasteiger partial charge in [0.1, 0.15) is 11.3 Å². The molecule has 0 saturated heterocycles. The Labute approximate surface area is 170 Å². The molecule has 0 unspecified atom stereocenters. The third kappa shape index (κ3) is 6.04. The van der Waals surface area contributed by atoms with E-state index in [0.29, 0.717) is 5.76 Å². The van der Waals surface area contributed by atoms with Crippen molar-refractivity contribution in [1.82, 2.24) is 10.0 Å². The lowest BCUT2D eigenvalue weighted by Gasteiger charge is -2.11. The van der Waals surface area contributed by atoms with Gasteiger partial charge in [-0.15, -0.1) is 0 Å². The number of amides is 1. The Balaban J connectivity index is 1.47. The SMILES string of the molecule is Cc1ccc(/C=C/S(=O)(=O)NCCC(=O)N[C@@H](C)c2cc3ccccc3o2)cc1. The summed E-state index contributed by atoms with van der Waals surface area (Å²) in [7, 11) is -3.61. The van der Waals surface area contributed by atoms with Crippen molar-refractivity contribution >= 4 is 33.0 Å². The number of fused-ring (bicyclic) bond motifs is 1. The quantitative estimate of drug-likeness (QED) is 0.587. The standard InChI is InChI=1S/C22H24N2O4S/c1-16-7-9-18(10-8-16)12-14-29(26,27)23-13-11-22(25)24-17(2)21-15-19-5-3-4-6-20(19)28-21/h3-10,12,14-15,17,23H,11,13H2,1-2H3,(H,24,25)/b14-12+/t17-/m0/s1. The van der Waals surface area contributed by atoms with Gasteiger partial charge in [0, 0.05) is 23.8 Å². The van der Waals surface area contributed by atoms with Gasteiger partial charge >= 0.3 is 0 Å². The highest BCUT2D eigenvalue weighted by molar-refractivity contribution is 7.92. The Bertz CT molecular complexity index is 1080. The van der Waals surface area contributed by atoms with Crippen molar-refractivity contribution < 1.29 is 17.6 Å². The summed E-state index contributed by atoms with van der Waals surface area (Å²) in [5.74, 6) is 0.393. The van der Waals surface area contributed by atoms with Crippen LogP contribution in [0.2, 0.25) is 0 Å². The molecule has 152 valence electrons. The molecule has 1 amide bonds. The second-order valence-electron chi connectivity index (χ2n) is 6.88. The van der Waals surface area contributed by atoms with E-state index in [0.717, 1.165) is 27.5 Å². The Kier molecular flexibility index (Phi) is 6.51. The molecule has 1 atom stereocenters. The van der Waals surface area contributed by atoms with Crippen LogP contribution in [0.1, 0.15) is 36.3 Å². The highest BCUT2D eigenvalue weighted by Gasteiger charge is 2.14. The topological polar surface area (TPSA) is 88.4 Å². The van der Waals surface area contributed by atoms with Crippen LogP contribution in [0.3, 0.4) is 0 Å². The largest absolute Gasteiger partial charge is 0.459 e. The Hall–Kier alpha value is -2.90. The van der Waals surface area contributed by atoms with E-state index in [4.69, 9.17) is 4.42 Å². The predicted molar refractivity (Wildman–Crippen MR) is 115 cm³/mol. The van der Waals surface area contributed by atoms with Crippen molar-refractivity contribution in [3.63, 3.8) is 0 Å². The van der Waals surface area contributed by atoms with E-state index in [9.17, 15) is 13.2 Å². The van der Waals surface area contributed by atoms with Gasteiger partial charge in [-0.2, -0.15) is 0 Å². The minimum absolute atomic E-state index is 0.0131. The van der Waals surface area contributed by atoms with Crippen molar-refractivity contribution in [3.8, 4) is 0 Å². The number of rotatable bonds is 8. The van der Waals surface area contributed by atoms with Crippen LogP contribution in [0.15, 0.2) is 64.4 Å². The number of furan rings is 1. The molecule has 6 nitrogen and oxygen atoms in total. The second-order valence-corrected chi connectivity index (χ2v) is 8.53. The molecule has 0 bridgehead atoms. The van der Waals surface area contributed by atoms with Crippen LogP contribution >= 0.6 is 0 Å². The van der Waals surface area contributed by atoms with E-state index >= 15 is 0 Å². The average Bonchev–Trinajstić information content (AvgIpc) is 3.12. The molecule has 0 aliphatic rings. The summed E-state index contributed by atoms with van der Waals surface area (Å²) >= 11 is 0. The van der Waals surface area contributed by atoms with Crippen LogP contribution in [0.5, 0.6) is 0 Å². The molecular weight excluding hydrogens is 388 g/mol. The van der Waals surface area contributed by atoms with Crippen LogP contribution < -0.4 is 10.0 Å². The molecule has 29 heavy (non-hydrogen) atoms. The number of carbonyl (C=O) groups is 1. The molecule has 0 spiro atoms. The summed E-state index contributed by atoms with van der Waals surface area (Å²) in [6, 6.07) is 16.7. The monoisotopic (exact) mass is 412 g/mol. The van der Waals surface area contributed by atoms with Crippen LogP contribution in [-0.2, 0) is 14.8 Å². The van der Waals surface area contributed by atoms with E-state index < -0.39 is 10.0 Å². The first-order valence-electron chi connectivity index (χ1n) is 9.35. The number of hydrogen-bond acceptors (Lipinski definition) is 4. The fourth-order valence-electron chi connectivity index (χ4n) is 2.80. The first-order valence-corrected chi connectivity index (χ1v) is 10.9. The third-order valence-electron chi connectivity index (χ3n) is 4.42. The molecule has 0 radical (unpaired) electrons. The van der Waals surface area contributed by atoms with Gasteiger partial charge in [-0.25, -0.2) is 13.1 Å². The number of para-hydroxylation sites is 1. The minimum atomic E-state index is -3.61. The molecule has 0 aliphatic carbocycles. The summed E-state index contributed by atoms with van der Waals surface area (Å²) in [5, 5.41) is 4.89. The van der Waals surface area contributed by atoms with Gasteiger partial charge in [-0.1, -0.05) is 48.0 Å². The Morgan fingerprint density at radius 3 is 2.59 bits per heavy atom. The zero-order valence-corrected chi connectivity index (χ0v) is 17.2. The molecule has 2 aromatic carbocycles. The summed E-state index contributed by atoms with van der Waals surface area (Å²) < 4.78 is 32.2. The smallest absolute Gasteiger partial charge is 0.233 e. The molecule has 1 aromatic heterocycles. The van der Waals surface area contributed by atoms with E-state index in [1.165, 1.54) is 6.08 Å². The molecule has 0 aliphatic heterocycles. The maximum absolute atomic E-state index is 12.1. The maximum atomic E-state index is 12.1. The van der Waals surface area contributed by atoms with Crippen LogP contribution in [-0.4, -0.2) is 20.9 Å². The van der Waals surface area contributed by atoms with Gasteiger partial charge < -0.3 is 9.73 Å². The van der Waals surface area contributed by atoms with Crippen LogP contribution in [0.25, 0.3) is 17.0 Å². The number of sulfonamides is 1. The van der Waals surface area contributed by atoms with Crippen molar-refractivity contribution in [2.24, 2.45) is 0 Å². The van der Waals surface area contributed by atoms with Crippen molar-refractivity contribution in [1.29, 1.82) is 0 Å². The molecule has 3 aromatic rings. The average molecular weight is 413 g/mol. The van der Waals surface area contributed by atoms with Crippen molar-refractivity contribution in [2.45, 2.75) is 26.3 Å². The summed E-state index contributed by atoms with van der Waals surface area (Å²) in [6.07, 6.45) is 1.55. The maximum Gasteiger partial charge on any atom is 0.233 e. The Morgan fingerprint density at radius 2 is 1.86 bits per heavy atom. The number of benzene rings is 2. The molecule has 0 saturated carbocycles. The fraction of sp³-hybridized carbons (Fsp3) is 0.227. The summed E-state index contributed by atoms with van der Waals surface area (Å²) in [6.45, 7) is 3.80. The van der Waals surface area contributed by atoms with E-state index in [1.807, 2.05) is 68.4 Å². The van der Waals surface area contributed by atoms with Crippen LogP contribution in [0, 0.1) is 6.92 Å². The van der Waals surface area contributed by atoms with E-state index in [-0.39, 0.29) is 24.9 Å². The predicted octanol–water partition coefficient (Wildman–Crippen LogP) is 3.90. The minimum Gasteiger partial charge on any atom is -0.459 e. The highest BCUT2D eigenvalue weighted by Crippen LogP contribution is 2.23. The lowest BCUT2D eigenvalue weighted by molar-refractivity contribution is -0.121. The fourth-order valence-corrected chi connectivity index (χ4v) is 3.62. The Morgan fingerprint density at radius 1 is 1.14 bits per heavy atom. The molecule has 2 N–H and O–H groups in total. The molecule has 0 fully saturated rings. The van der Waals surface area contributed by atoms with E-state index in [2.05, 4.69) is 10.0 Å². The molecule has 3 rings (SSSR count). The number of hydrogen-bond donors (Lipinski definition) is 2. The first kappa shape index (κ1) is 20.8. The molecule has 1 heterocycles. The summed E-state index contributed by atoms with van der Waals surface area (Å²) in [4.78, 5) is 12.1. The number of nitrogens with one attached hydrogen (secondary N) is 2. The lowest BCUT2D eigenvalue weighted by Crippen LogP contribution is -2.31. The lowest BCUT2D eigenvalue weighted by atomic mass is 10.2. The second kappa shape index (κ2) is 9.07. The molecule has 7 heteroatoms. The third-order valence-corrected chi connectivity index (χ3v) is 5.52. The zero-order chi connectivity index (χ0) is 20.9. The van der Waals surface area contributed by atoms with Gasteiger partial charge in [0.05, 0.1) is 6.04 Å². The van der Waals surface area contributed by atoms with Gasteiger partial charge in [0.15, 0.2) is 0 Å². The van der Waals surface area contributed by atoms with Gasteiger partial charge in [-0.05, 0) is 37.6 Å². The van der Waals surface area contributed by atoms with Gasteiger partial charge in [0.25, 0.3) is 0 Å². The molecular formula is C22H24N2O4S.